The zero-order valence-corrected chi connectivity index (χ0v) is 15.1. The highest BCUT2D eigenvalue weighted by molar-refractivity contribution is 5.77. The highest BCUT2D eigenvalue weighted by Gasteiger charge is 2.30. The Bertz CT molecular complexity index is 736. The van der Waals surface area contributed by atoms with Gasteiger partial charge in [-0.15, -0.1) is 0 Å². The molecule has 1 aromatic carbocycles. The first-order chi connectivity index (χ1) is 12.7. The second-order valence-electron chi connectivity index (χ2n) is 7.48. The summed E-state index contributed by atoms with van der Waals surface area (Å²) in [5.74, 6) is -0.101. The van der Waals surface area contributed by atoms with Crippen LogP contribution in [0.2, 0.25) is 0 Å². The van der Waals surface area contributed by atoms with E-state index in [0.717, 1.165) is 57.6 Å². The number of aromatic nitrogens is 2. The molecule has 0 bridgehead atoms. The van der Waals surface area contributed by atoms with E-state index in [1.807, 2.05) is 6.07 Å². The minimum absolute atomic E-state index is 0.0351. The highest BCUT2D eigenvalue weighted by atomic mass is 16.1. The number of H-pyrrole nitrogens is 1. The van der Waals surface area contributed by atoms with Gasteiger partial charge in [-0.25, -0.2) is 0 Å². The summed E-state index contributed by atoms with van der Waals surface area (Å²) in [5, 5.41) is 7.08. The maximum absolute atomic E-state index is 11.5. The molecule has 3 heterocycles. The van der Waals surface area contributed by atoms with Gasteiger partial charge in [0.25, 0.3) is 0 Å². The molecule has 4 rings (SSSR count). The molecule has 2 aliphatic heterocycles. The van der Waals surface area contributed by atoms with E-state index in [2.05, 4.69) is 44.3 Å². The first-order valence-electron chi connectivity index (χ1n) is 9.59. The van der Waals surface area contributed by atoms with Crippen molar-refractivity contribution in [2.45, 2.75) is 31.7 Å². The molecular weight excluding hydrogens is 326 g/mol. The molecule has 1 amide bonds. The number of primary amides is 1. The number of anilines is 1. The number of likely N-dealkylation sites (tertiary alicyclic amines) is 1. The Morgan fingerprint density at radius 3 is 2.73 bits per heavy atom. The number of hydrogen-bond donors (Lipinski definition) is 2. The first-order valence-corrected chi connectivity index (χ1v) is 9.59. The molecule has 2 aliphatic rings. The molecule has 3 N–H and O–H groups in total. The maximum atomic E-state index is 11.5. The standard InChI is InChI=1S/C20H27N5O/c21-20(26)16-4-2-10-25(14-16)17-7-11-24(12-8-17)18-5-1-3-15(13-18)19-6-9-22-23-19/h1,3,5-6,9,13,16-17H,2,4,7-8,10-12,14H2,(H2,21,26)(H,22,23). The lowest BCUT2D eigenvalue weighted by Gasteiger charge is -2.42. The van der Waals surface area contributed by atoms with Crippen LogP contribution in [0.3, 0.4) is 0 Å². The number of amides is 1. The SMILES string of the molecule is NC(=O)C1CCCN(C2CCN(c3cccc(-c4ccn[nH]4)c3)CC2)C1. The summed E-state index contributed by atoms with van der Waals surface area (Å²) in [6, 6.07) is 11.2. The van der Waals surface area contributed by atoms with Crippen molar-refractivity contribution in [3.63, 3.8) is 0 Å². The van der Waals surface area contributed by atoms with Crippen LogP contribution in [0, 0.1) is 5.92 Å². The van der Waals surface area contributed by atoms with E-state index in [1.54, 1.807) is 6.20 Å². The van der Waals surface area contributed by atoms with Gasteiger partial charge in [0.05, 0.1) is 11.6 Å². The smallest absolute Gasteiger partial charge is 0.221 e. The Labute approximate surface area is 154 Å². The van der Waals surface area contributed by atoms with Gasteiger partial charge in [-0.1, -0.05) is 12.1 Å². The number of piperidine rings is 2. The Hall–Kier alpha value is -2.34. The van der Waals surface area contributed by atoms with Crippen molar-refractivity contribution >= 4 is 11.6 Å². The van der Waals surface area contributed by atoms with Crippen molar-refractivity contribution in [2.75, 3.05) is 31.1 Å². The van der Waals surface area contributed by atoms with Crippen LogP contribution in [0.5, 0.6) is 0 Å². The molecule has 1 aromatic heterocycles. The number of hydrogen-bond acceptors (Lipinski definition) is 4. The molecule has 26 heavy (non-hydrogen) atoms. The lowest BCUT2D eigenvalue weighted by molar-refractivity contribution is -0.123. The summed E-state index contributed by atoms with van der Waals surface area (Å²) in [6.45, 7) is 4.04. The van der Waals surface area contributed by atoms with E-state index in [1.165, 1.54) is 11.3 Å². The van der Waals surface area contributed by atoms with E-state index >= 15 is 0 Å². The maximum Gasteiger partial charge on any atom is 0.221 e. The zero-order chi connectivity index (χ0) is 17.9. The number of carbonyl (C=O) groups excluding carboxylic acids is 1. The van der Waals surface area contributed by atoms with E-state index in [0.29, 0.717) is 6.04 Å². The third-order valence-electron chi connectivity index (χ3n) is 5.86. The van der Waals surface area contributed by atoms with Gasteiger partial charge < -0.3 is 10.6 Å². The van der Waals surface area contributed by atoms with Crippen LogP contribution in [-0.4, -0.2) is 53.2 Å². The van der Waals surface area contributed by atoms with Crippen LogP contribution in [0.15, 0.2) is 36.5 Å². The Kier molecular flexibility index (Phi) is 4.93. The Balaban J connectivity index is 1.38. The zero-order valence-electron chi connectivity index (χ0n) is 15.1. The van der Waals surface area contributed by atoms with Gasteiger partial charge in [0.2, 0.25) is 5.91 Å². The van der Waals surface area contributed by atoms with E-state index in [-0.39, 0.29) is 11.8 Å². The quantitative estimate of drug-likeness (QED) is 0.884. The molecular formula is C20H27N5O. The van der Waals surface area contributed by atoms with Gasteiger partial charge in [-0.2, -0.15) is 5.10 Å². The summed E-state index contributed by atoms with van der Waals surface area (Å²) in [4.78, 5) is 16.5. The molecule has 0 aliphatic carbocycles. The monoisotopic (exact) mass is 353 g/mol. The molecule has 0 radical (unpaired) electrons. The van der Waals surface area contributed by atoms with Crippen molar-refractivity contribution < 1.29 is 4.79 Å². The second kappa shape index (κ2) is 7.50. The minimum Gasteiger partial charge on any atom is -0.371 e. The molecule has 2 aromatic rings. The minimum atomic E-state index is -0.136. The largest absolute Gasteiger partial charge is 0.371 e. The normalized spacial score (nSPS) is 22.5. The van der Waals surface area contributed by atoms with Crippen LogP contribution >= 0.6 is 0 Å². The van der Waals surface area contributed by atoms with Crippen LogP contribution in [-0.2, 0) is 4.79 Å². The lowest BCUT2D eigenvalue weighted by Crippen LogP contribution is -2.50. The molecule has 0 spiro atoms. The van der Waals surface area contributed by atoms with Crippen LogP contribution in [0.1, 0.15) is 25.7 Å². The fourth-order valence-corrected chi connectivity index (χ4v) is 4.35. The number of nitrogens with zero attached hydrogens (tertiary/aromatic N) is 3. The number of nitrogens with one attached hydrogen (secondary N) is 1. The molecule has 1 atom stereocenters. The Morgan fingerprint density at radius 2 is 2.00 bits per heavy atom. The summed E-state index contributed by atoms with van der Waals surface area (Å²) >= 11 is 0. The van der Waals surface area contributed by atoms with Crippen LogP contribution in [0.25, 0.3) is 11.3 Å². The third kappa shape index (κ3) is 3.60. The molecule has 0 saturated carbocycles. The molecule has 1 unspecified atom stereocenters. The lowest BCUT2D eigenvalue weighted by atomic mass is 9.93. The van der Waals surface area contributed by atoms with E-state index in [9.17, 15) is 4.79 Å². The fraction of sp³-hybridized carbons (Fsp3) is 0.500. The number of nitrogens with two attached hydrogens (primary N) is 1. The van der Waals surface area contributed by atoms with E-state index in [4.69, 9.17) is 5.73 Å². The second-order valence-corrected chi connectivity index (χ2v) is 7.48. The number of benzene rings is 1. The van der Waals surface area contributed by atoms with Gasteiger partial charge >= 0.3 is 0 Å². The average Bonchev–Trinajstić information content (AvgIpc) is 3.23. The van der Waals surface area contributed by atoms with E-state index < -0.39 is 0 Å². The van der Waals surface area contributed by atoms with Crippen LogP contribution in [0.4, 0.5) is 5.69 Å². The third-order valence-corrected chi connectivity index (χ3v) is 5.86. The van der Waals surface area contributed by atoms with Crippen molar-refractivity contribution in [2.24, 2.45) is 11.7 Å². The predicted octanol–water partition coefficient (Wildman–Crippen LogP) is 2.24. The van der Waals surface area contributed by atoms with Gasteiger partial charge in [0.15, 0.2) is 0 Å². The molecule has 6 nitrogen and oxygen atoms in total. The molecule has 2 saturated heterocycles. The number of rotatable bonds is 4. The van der Waals surface area contributed by atoms with Crippen molar-refractivity contribution in [3.05, 3.63) is 36.5 Å². The number of aromatic amines is 1. The van der Waals surface area contributed by atoms with Gasteiger partial charge in [-0.3, -0.25) is 14.8 Å². The topological polar surface area (TPSA) is 78.2 Å². The molecule has 2 fully saturated rings. The highest BCUT2D eigenvalue weighted by Crippen LogP contribution is 2.28. The summed E-state index contributed by atoms with van der Waals surface area (Å²) < 4.78 is 0. The first kappa shape index (κ1) is 17.1. The molecule has 6 heteroatoms. The van der Waals surface area contributed by atoms with Crippen LogP contribution < -0.4 is 10.6 Å². The van der Waals surface area contributed by atoms with Crippen molar-refractivity contribution in [3.8, 4) is 11.3 Å². The average molecular weight is 353 g/mol. The predicted molar refractivity (Wildman–Crippen MR) is 103 cm³/mol. The van der Waals surface area contributed by atoms with Crippen molar-refractivity contribution in [1.29, 1.82) is 0 Å². The fourth-order valence-electron chi connectivity index (χ4n) is 4.35. The Morgan fingerprint density at radius 1 is 1.15 bits per heavy atom. The number of carbonyl (C=O) groups is 1. The van der Waals surface area contributed by atoms with Gasteiger partial charge in [-0.05, 0) is 50.4 Å². The van der Waals surface area contributed by atoms with Gasteiger partial charge in [0.1, 0.15) is 0 Å². The molecule has 138 valence electrons. The van der Waals surface area contributed by atoms with Crippen molar-refractivity contribution in [1.82, 2.24) is 15.1 Å². The summed E-state index contributed by atoms with van der Waals surface area (Å²) in [5.41, 5.74) is 9.02. The summed E-state index contributed by atoms with van der Waals surface area (Å²) in [7, 11) is 0. The summed E-state index contributed by atoms with van der Waals surface area (Å²) in [6.07, 6.45) is 6.09. The van der Waals surface area contributed by atoms with Gasteiger partial charge in [0, 0.05) is 43.1 Å².